The fourth-order valence-electron chi connectivity index (χ4n) is 2.13. The second-order valence-corrected chi connectivity index (χ2v) is 5.36. The molecule has 0 aliphatic rings. The van der Waals surface area contributed by atoms with Gasteiger partial charge in [-0.1, -0.05) is 24.3 Å². The minimum atomic E-state index is 0.921. The zero-order valence-corrected chi connectivity index (χ0v) is 14.2. The molecule has 4 N–H and O–H groups in total. The first-order chi connectivity index (χ1) is 11.1. The van der Waals surface area contributed by atoms with E-state index in [9.17, 15) is 0 Å². The van der Waals surface area contributed by atoms with Crippen LogP contribution in [0, 0.1) is 0 Å². The summed E-state index contributed by atoms with van der Waals surface area (Å²) >= 11 is 0. The Bertz CT molecular complexity index is 528. The van der Waals surface area contributed by atoms with Gasteiger partial charge in [0.25, 0.3) is 0 Å². The fraction of sp³-hybridized carbons (Fsp3) is 0.294. The van der Waals surface area contributed by atoms with Crippen LogP contribution in [0.1, 0.15) is 11.1 Å². The lowest BCUT2D eigenvalue weighted by Gasteiger charge is -2.18. The van der Waals surface area contributed by atoms with Gasteiger partial charge in [0, 0.05) is 28.2 Å². The number of hydrogen-bond donors (Lipinski definition) is 4. The van der Waals surface area contributed by atoms with Crippen LogP contribution in [0.4, 0.5) is 11.4 Å². The van der Waals surface area contributed by atoms with E-state index in [1.54, 1.807) is 0 Å². The Balaban J connectivity index is 1.94. The minimum Gasteiger partial charge on any atom is -0.306 e. The van der Waals surface area contributed by atoms with Crippen LogP contribution in [0.5, 0.6) is 0 Å². The van der Waals surface area contributed by atoms with Gasteiger partial charge >= 0.3 is 0 Å². The number of anilines is 2. The van der Waals surface area contributed by atoms with Gasteiger partial charge in [-0.3, -0.25) is 0 Å². The van der Waals surface area contributed by atoms with Crippen molar-refractivity contribution in [2.45, 2.75) is 6.42 Å². The smallest absolute Gasteiger partial charge is 0.0503 e. The predicted molar refractivity (Wildman–Crippen MR) is 96.6 cm³/mol. The van der Waals surface area contributed by atoms with Gasteiger partial charge < -0.3 is 10.9 Å². The summed E-state index contributed by atoms with van der Waals surface area (Å²) in [4.78, 5) is 0. The van der Waals surface area contributed by atoms with E-state index in [1.165, 1.54) is 11.1 Å². The molecule has 6 heteroatoms. The topological polar surface area (TPSA) is 54.6 Å². The lowest BCUT2D eigenvalue weighted by Crippen LogP contribution is -2.35. The molecule has 0 radical (unpaired) electrons. The number of hydrogen-bond acceptors (Lipinski definition) is 6. The fourth-order valence-corrected chi connectivity index (χ4v) is 2.13. The van der Waals surface area contributed by atoms with Gasteiger partial charge in [-0.15, -0.1) is 0 Å². The average Bonchev–Trinajstić information content (AvgIpc) is 2.58. The molecule has 6 nitrogen and oxygen atoms in total. The van der Waals surface area contributed by atoms with Gasteiger partial charge in [-0.05, 0) is 41.8 Å². The highest BCUT2D eigenvalue weighted by Gasteiger charge is 2.00. The Morgan fingerprint density at radius 3 is 1.30 bits per heavy atom. The Labute approximate surface area is 138 Å². The molecule has 0 aliphatic heterocycles. The molecule has 0 atom stereocenters. The third-order valence-corrected chi connectivity index (χ3v) is 3.58. The lowest BCUT2D eigenvalue weighted by molar-refractivity contribution is 0.317. The zero-order valence-electron chi connectivity index (χ0n) is 14.2. The molecule has 0 saturated heterocycles. The van der Waals surface area contributed by atoms with Crippen molar-refractivity contribution in [1.82, 2.24) is 21.1 Å². The van der Waals surface area contributed by atoms with E-state index in [-0.39, 0.29) is 0 Å². The molecule has 23 heavy (non-hydrogen) atoms. The molecule has 0 aliphatic carbocycles. The first-order valence-electron chi connectivity index (χ1n) is 7.64. The minimum absolute atomic E-state index is 0.921. The summed E-state index contributed by atoms with van der Waals surface area (Å²) in [5.41, 5.74) is 17.1. The van der Waals surface area contributed by atoms with Crippen molar-refractivity contribution in [3.8, 4) is 0 Å². The third-order valence-electron chi connectivity index (χ3n) is 3.58. The Morgan fingerprint density at radius 1 is 0.652 bits per heavy atom. The normalized spacial score (nSPS) is 11.0. The van der Waals surface area contributed by atoms with Gasteiger partial charge in [-0.2, -0.15) is 10.2 Å². The molecule has 0 amide bonds. The molecule has 0 saturated carbocycles. The van der Waals surface area contributed by atoms with Gasteiger partial charge in [0.05, 0.1) is 11.4 Å². The van der Waals surface area contributed by atoms with Crippen LogP contribution in [0.25, 0.3) is 0 Å². The SMILES string of the molecule is CNN(C)Nc1ccc(Cc2ccc(NN(C)NC)cc2)cc1. The maximum absolute atomic E-state index is 3.22. The number of nitrogens with one attached hydrogen (secondary N) is 4. The molecule has 0 bridgehead atoms. The average molecular weight is 314 g/mol. The third kappa shape index (κ3) is 5.54. The maximum Gasteiger partial charge on any atom is 0.0503 e. The Kier molecular flexibility index (Phi) is 6.37. The van der Waals surface area contributed by atoms with Crippen molar-refractivity contribution in [1.29, 1.82) is 0 Å². The largest absolute Gasteiger partial charge is 0.306 e. The van der Waals surface area contributed by atoms with Crippen molar-refractivity contribution in [3.63, 3.8) is 0 Å². The summed E-state index contributed by atoms with van der Waals surface area (Å²) in [7, 11) is 7.59. The molecular weight excluding hydrogens is 288 g/mol. The zero-order chi connectivity index (χ0) is 16.7. The van der Waals surface area contributed by atoms with Crippen LogP contribution < -0.4 is 21.7 Å². The highest BCUT2D eigenvalue weighted by molar-refractivity contribution is 5.46. The second kappa shape index (κ2) is 8.50. The van der Waals surface area contributed by atoms with Crippen molar-refractivity contribution in [3.05, 3.63) is 59.7 Å². The van der Waals surface area contributed by atoms with Crippen LogP contribution in [0.2, 0.25) is 0 Å². The molecule has 0 heterocycles. The van der Waals surface area contributed by atoms with Gasteiger partial charge in [0.2, 0.25) is 0 Å². The highest BCUT2D eigenvalue weighted by Crippen LogP contribution is 2.16. The summed E-state index contributed by atoms with van der Waals surface area (Å²) in [5.74, 6) is 0. The molecule has 2 aromatic rings. The van der Waals surface area contributed by atoms with Gasteiger partial charge in [-0.25, -0.2) is 10.9 Å². The number of hydrazine groups is 4. The monoisotopic (exact) mass is 314 g/mol. The van der Waals surface area contributed by atoms with E-state index >= 15 is 0 Å². The van der Waals surface area contributed by atoms with Crippen LogP contribution in [-0.2, 0) is 6.42 Å². The molecule has 0 fully saturated rings. The first-order valence-corrected chi connectivity index (χ1v) is 7.64. The van der Waals surface area contributed by atoms with Crippen molar-refractivity contribution in [2.24, 2.45) is 0 Å². The van der Waals surface area contributed by atoms with Crippen LogP contribution in [-0.4, -0.2) is 38.4 Å². The molecule has 2 aromatic carbocycles. The van der Waals surface area contributed by atoms with E-state index in [1.807, 2.05) is 38.4 Å². The summed E-state index contributed by atoms with van der Waals surface area (Å²) in [6.45, 7) is 0. The molecule has 124 valence electrons. The first kappa shape index (κ1) is 17.2. The lowest BCUT2D eigenvalue weighted by atomic mass is 10.0. The molecule has 0 aromatic heterocycles. The summed E-state index contributed by atoms with van der Waals surface area (Å²) in [5, 5.41) is 3.62. The standard InChI is InChI=1S/C17H26N6/c1-18-22(3)20-16-9-5-14(6-10-16)13-15-7-11-17(12-8-15)21-23(4)19-2/h5-12,18-21H,13H2,1-4H3. The molecule has 2 rings (SSSR count). The highest BCUT2D eigenvalue weighted by atomic mass is 15.7. The van der Waals surface area contributed by atoms with Crippen molar-refractivity contribution < 1.29 is 0 Å². The van der Waals surface area contributed by atoms with Crippen LogP contribution >= 0.6 is 0 Å². The van der Waals surface area contributed by atoms with Crippen molar-refractivity contribution >= 4 is 11.4 Å². The van der Waals surface area contributed by atoms with Crippen LogP contribution in [0.15, 0.2) is 48.5 Å². The van der Waals surface area contributed by atoms with E-state index in [0.29, 0.717) is 0 Å². The number of rotatable bonds is 8. The summed E-state index contributed by atoms with van der Waals surface area (Å²) in [6.07, 6.45) is 0.921. The second-order valence-electron chi connectivity index (χ2n) is 5.36. The predicted octanol–water partition coefficient (Wildman–Crippen LogP) is 2.06. The van der Waals surface area contributed by atoms with E-state index in [4.69, 9.17) is 0 Å². The van der Waals surface area contributed by atoms with Gasteiger partial charge in [0.15, 0.2) is 0 Å². The Morgan fingerprint density at radius 2 is 1.00 bits per heavy atom. The number of nitrogens with zero attached hydrogens (tertiary/aromatic N) is 2. The Hall–Kier alpha value is -2.12. The van der Waals surface area contributed by atoms with Gasteiger partial charge in [0.1, 0.15) is 0 Å². The quantitative estimate of drug-likeness (QED) is 0.560. The van der Waals surface area contributed by atoms with E-state index in [0.717, 1.165) is 17.8 Å². The molecular formula is C17H26N6. The van der Waals surface area contributed by atoms with E-state index in [2.05, 4.69) is 70.2 Å². The van der Waals surface area contributed by atoms with Crippen molar-refractivity contribution in [2.75, 3.05) is 39.0 Å². The summed E-state index contributed by atoms with van der Waals surface area (Å²) in [6, 6.07) is 16.9. The summed E-state index contributed by atoms with van der Waals surface area (Å²) < 4.78 is 0. The van der Waals surface area contributed by atoms with Crippen LogP contribution in [0.3, 0.4) is 0 Å². The number of benzene rings is 2. The molecule has 0 unspecified atom stereocenters. The van der Waals surface area contributed by atoms with E-state index < -0.39 is 0 Å². The molecule has 0 spiro atoms. The maximum atomic E-state index is 3.22.